The van der Waals surface area contributed by atoms with Gasteiger partial charge in [-0.2, -0.15) is 0 Å². The summed E-state index contributed by atoms with van der Waals surface area (Å²) in [6.45, 7) is 0.236. The summed E-state index contributed by atoms with van der Waals surface area (Å²) in [7, 11) is -3.49. The number of rotatable bonds is 5. The highest BCUT2D eigenvalue weighted by Crippen LogP contribution is 2.20. The number of amides is 1. The van der Waals surface area contributed by atoms with E-state index >= 15 is 0 Å². The summed E-state index contributed by atoms with van der Waals surface area (Å²) in [4.78, 5) is 14.8. The normalized spacial score (nSPS) is 11.7. The number of carbonyl (C=O) groups is 1. The maximum Gasteiger partial charge on any atom is 0.267 e. The summed E-state index contributed by atoms with van der Waals surface area (Å²) < 4.78 is 21.5. The quantitative estimate of drug-likeness (QED) is 0.462. The third kappa shape index (κ3) is 3.49. The molecule has 2 aromatic rings. The number of hydrogen-bond donors (Lipinski definition) is 4. The second-order valence-corrected chi connectivity index (χ2v) is 6.20. The average Bonchev–Trinajstić information content (AvgIpc) is 2.79. The van der Waals surface area contributed by atoms with Crippen LogP contribution in [0.2, 0.25) is 0 Å². The number of aromatic nitrogens is 1. The second kappa shape index (κ2) is 5.51. The van der Waals surface area contributed by atoms with Crippen molar-refractivity contribution in [3.05, 3.63) is 30.0 Å². The Kier molecular flexibility index (Phi) is 3.96. The molecule has 8 heteroatoms. The molecule has 0 fully saturated rings. The van der Waals surface area contributed by atoms with E-state index in [1.165, 1.54) is 0 Å². The van der Waals surface area contributed by atoms with Crippen LogP contribution >= 0.6 is 0 Å². The van der Waals surface area contributed by atoms with Crippen LogP contribution in [0.4, 0.5) is 5.69 Å². The van der Waals surface area contributed by atoms with Crippen LogP contribution in [0.3, 0.4) is 0 Å². The van der Waals surface area contributed by atoms with E-state index in [1.807, 2.05) is 6.07 Å². The topological polar surface area (TPSA) is 131 Å². The van der Waals surface area contributed by atoms with Gasteiger partial charge in [-0.05, 0) is 18.6 Å². The minimum absolute atomic E-state index is 0.160. The fraction of sp³-hybridized carbons (Fsp3) is 0.250. The van der Waals surface area contributed by atoms with Crippen LogP contribution in [0.15, 0.2) is 24.3 Å². The minimum atomic E-state index is -3.49. The van der Waals surface area contributed by atoms with Crippen LogP contribution in [-0.4, -0.2) is 31.6 Å². The van der Waals surface area contributed by atoms with Crippen LogP contribution in [-0.2, 0) is 10.0 Å². The highest BCUT2D eigenvalue weighted by molar-refractivity contribution is 7.89. The first-order valence-electron chi connectivity index (χ1n) is 6.03. The first-order chi connectivity index (χ1) is 9.37. The van der Waals surface area contributed by atoms with Crippen molar-refractivity contribution in [3.8, 4) is 0 Å². The molecule has 1 heterocycles. The molecular formula is C12H16N4O3S. The molecule has 20 heavy (non-hydrogen) atoms. The lowest BCUT2D eigenvalue weighted by Crippen LogP contribution is -2.27. The van der Waals surface area contributed by atoms with Crippen molar-refractivity contribution in [2.24, 2.45) is 5.14 Å². The molecule has 0 spiro atoms. The molecular weight excluding hydrogens is 280 g/mol. The van der Waals surface area contributed by atoms with E-state index in [2.05, 4.69) is 10.3 Å². The van der Waals surface area contributed by atoms with Crippen LogP contribution in [0, 0.1) is 0 Å². The molecule has 0 unspecified atom stereocenters. The molecule has 0 aliphatic heterocycles. The summed E-state index contributed by atoms with van der Waals surface area (Å²) in [5.74, 6) is -0.470. The Bertz CT molecular complexity index is 736. The molecule has 6 N–H and O–H groups in total. The van der Waals surface area contributed by atoms with Gasteiger partial charge in [-0.3, -0.25) is 4.79 Å². The average molecular weight is 296 g/mol. The van der Waals surface area contributed by atoms with Gasteiger partial charge in [-0.15, -0.1) is 0 Å². The molecule has 0 radical (unpaired) electrons. The molecule has 1 aromatic carbocycles. The number of nitrogens with one attached hydrogen (secondary N) is 2. The Balaban J connectivity index is 1.99. The maximum absolute atomic E-state index is 11.9. The van der Waals surface area contributed by atoms with E-state index in [4.69, 9.17) is 10.9 Å². The number of hydrogen-bond acceptors (Lipinski definition) is 4. The Morgan fingerprint density at radius 1 is 1.35 bits per heavy atom. The van der Waals surface area contributed by atoms with Crippen molar-refractivity contribution in [1.82, 2.24) is 10.3 Å². The number of aromatic amines is 1. The summed E-state index contributed by atoms with van der Waals surface area (Å²) in [6, 6.07) is 7.09. The molecule has 0 aliphatic carbocycles. The molecule has 0 saturated carbocycles. The Morgan fingerprint density at radius 3 is 2.75 bits per heavy atom. The highest BCUT2D eigenvalue weighted by atomic mass is 32.2. The first-order valence-corrected chi connectivity index (χ1v) is 7.74. The van der Waals surface area contributed by atoms with Gasteiger partial charge in [-0.25, -0.2) is 13.6 Å². The van der Waals surface area contributed by atoms with Gasteiger partial charge in [0.1, 0.15) is 5.69 Å². The van der Waals surface area contributed by atoms with Gasteiger partial charge < -0.3 is 16.0 Å². The van der Waals surface area contributed by atoms with Gasteiger partial charge in [0.15, 0.2) is 0 Å². The van der Waals surface area contributed by atoms with Crippen molar-refractivity contribution >= 4 is 32.5 Å². The van der Waals surface area contributed by atoms with Crippen molar-refractivity contribution < 1.29 is 13.2 Å². The number of nitrogen functional groups attached to an aromatic ring is 1. The zero-order valence-corrected chi connectivity index (χ0v) is 11.5. The van der Waals surface area contributed by atoms with E-state index in [1.54, 1.807) is 18.2 Å². The van der Waals surface area contributed by atoms with Gasteiger partial charge >= 0.3 is 0 Å². The molecule has 0 atom stereocenters. The summed E-state index contributed by atoms with van der Waals surface area (Å²) in [5, 5.41) is 8.34. The number of primary sulfonamides is 1. The van der Waals surface area contributed by atoms with Crippen molar-refractivity contribution in [2.75, 3.05) is 18.0 Å². The van der Waals surface area contributed by atoms with Crippen molar-refractivity contribution in [3.63, 3.8) is 0 Å². The molecule has 108 valence electrons. The first kappa shape index (κ1) is 14.4. The third-order valence-electron chi connectivity index (χ3n) is 2.82. The highest BCUT2D eigenvalue weighted by Gasteiger charge is 2.10. The minimum Gasteiger partial charge on any atom is -0.397 e. The van der Waals surface area contributed by atoms with Crippen LogP contribution in [0.5, 0.6) is 0 Å². The zero-order chi connectivity index (χ0) is 14.8. The Hall–Kier alpha value is -2.06. The van der Waals surface area contributed by atoms with Gasteiger partial charge in [0.25, 0.3) is 5.91 Å². The van der Waals surface area contributed by atoms with Gasteiger partial charge in [0, 0.05) is 11.9 Å². The van der Waals surface area contributed by atoms with E-state index in [0.29, 0.717) is 16.9 Å². The van der Waals surface area contributed by atoms with Crippen LogP contribution < -0.4 is 16.2 Å². The summed E-state index contributed by atoms with van der Waals surface area (Å²) in [5.41, 5.74) is 7.45. The molecule has 0 saturated heterocycles. The molecule has 1 aromatic heterocycles. The maximum atomic E-state index is 11.9. The lowest BCUT2D eigenvalue weighted by Gasteiger charge is -2.02. The summed E-state index contributed by atoms with van der Waals surface area (Å²) >= 11 is 0. The number of benzene rings is 1. The molecule has 2 rings (SSSR count). The predicted molar refractivity (Wildman–Crippen MR) is 77.6 cm³/mol. The smallest absolute Gasteiger partial charge is 0.267 e. The predicted octanol–water partition coefficient (Wildman–Crippen LogP) is 0.159. The van der Waals surface area contributed by atoms with Gasteiger partial charge in [0.05, 0.1) is 17.0 Å². The number of sulfonamides is 1. The zero-order valence-electron chi connectivity index (χ0n) is 10.7. The lowest BCUT2D eigenvalue weighted by atomic mass is 10.2. The fourth-order valence-electron chi connectivity index (χ4n) is 1.87. The van der Waals surface area contributed by atoms with E-state index in [-0.39, 0.29) is 24.6 Å². The van der Waals surface area contributed by atoms with Gasteiger partial charge in [-0.1, -0.05) is 12.1 Å². The van der Waals surface area contributed by atoms with Crippen molar-refractivity contribution in [1.29, 1.82) is 0 Å². The van der Waals surface area contributed by atoms with Gasteiger partial charge in [0.2, 0.25) is 10.0 Å². The van der Waals surface area contributed by atoms with E-state index < -0.39 is 10.0 Å². The molecule has 0 bridgehead atoms. The number of anilines is 1. The number of carbonyl (C=O) groups excluding carboxylic acids is 1. The number of H-pyrrole nitrogens is 1. The fourth-order valence-corrected chi connectivity index (χ4v) is 2.42. The largest absolute Gasteiger partial charge is 0.397 e. The number of nitrogens with two attached hydrogens (primary N) is 2. The SMILES string of the molecule is Nc1cccc2cc(C(=O)NCCCS(N)(=O)=O)[nH]c12. The van der Waals surface area contributed by atoms with Crippen molar-refractivity contribution in [2.45, 2.75) is 6.42 Å². The standard InChI is InChI=1S/C12H16N4O3S/c13-9-4-1-3-8-7-10(16-11(8)9)12(17)15-5-2-6-20(14,18)19/h1,3-4,7,16H,2,5-6,13H2,(H,15,17)(H2,14,18,19). The summed E-state index contributed by atoms with van der Waals surface area (Å²) in [6.07, 6.45) is 0.271. The van der Waals surface area contributed by atoms with Crippen LogP contribution in [0.1, 0.15) is 16.9 Å². The lowest BCUT2D eigenvalue weighted by molar-refractivity contribution is 0.0949. The Labute approximate surface area is 116 Å². The molecule has 0 aliphatic rings. The number of para-hydroxylation sites is 1. The second-order valence-electron chi connectivity index (χ2n) is 4.47. The Morgan fingerprint density at radius 2 is 2.10 bits per heavy atom. The monoisotopic (exact) mass is 296 g/mol. The molecule has 7 nitrogen and oxygen atoms in total. The van der Waals surface area contributed by atoms with Crippen LogP contribution in [0.25, 0.3) is 10.9 Å². The molecule has 1 amide bonds. The third-order valence-corrected chi connectivity index (χ3v) is 3.68. The van der Waals surface area contributed by atoms with E-state index in [0.717, 1.165) is 5.39 Å². The number of fused-ring (bicyclic) bond motifs is 1. The van der Waals surface area contributed by atoms with E-state index in [9.17, 15) is 13.2 Å².